The van der Waals surface area contributed by atoms with Crippen LogP contribution in [0.25, 0.3) is 4.85 Å². The van der Waals surface area contributed by atoms with Crippen LogP contribution in [0.2, 0.25) is 0 Å². The average molecular weight is 146 g/mol. The normalized spacial score (nSPS) is 8.36. The van der Waals surface area contributed by atoms with Gasteiger partial charge in [0.2, 0.25) is 5.69 Å². The van der Waals surface area contributed by atoms with Crippen LogP contribution in [0.4, 0.5) is 5.69 Å². The van der Waals surface area contributed by atoms with Crippen molar-refractivity contribution in [1.29, 1.82) is 0 Å². The molecular weight excluding hydrogens is 141 g/mol. The predicted molar refractivity (Wildman–Crippen MR) is 41.3 cm³/mol. The molecule has 0 aromatic heterocycles. The highest BCUT2D eigenvalue weighted by Gasteiger charge is 2.00. The van der Waals surface area contributed by atoms with Gasteiger partial charge in [-0.1, -0.05) is 18.2 Å². The predicted octanol–water partition coefficient (Wildman–Crippen LogP) is 1.14. The van der Waals surface area contributed by atoms with Gasteiger partial charge in [-0.25, -0.2) is 4.85 Å². The Hall–Kier alpha value is -1.47. The van der Waals surface area contributed by atoms with E-state index >= 15 is 0 Å². The van der Waals surface area contributed by atoms with Gasteiger partial charge in [0.05, 0.1) is 6.57 Å². The lowest BCUT2D eigenvalue weighted by atomic mass is 10.3. The Morgan fingerprint density at radius 3 is 2.82 bits per heavy atom. The molecule has 1 rings (SSSR count). The van der Waals surface area contributed by atoms with Crippen LogP contribution >= 0.6 is 0 Å². The fourth-order valence-corrected chi connectivity index (χ4v) is 0.706. The molecule has 1 aromatic rings. The smallest absolute Gasteiger partial charge is 0.546 e. The van der Waals surface area contributed by atoms with E-state index in [1.165, 1.54) is 0 Å². The monoisotopic (exact) mass is 146 g/mol. The maximum atomic E-state index is 8.29. The summed E-state index contributed by atoms with van der Waals surface area (Å²) in [6.45, 7) is 6.71. The van der Waals surface area contributed by atoms with Crippen molar-refractivity contribution in [3.63, 3.8) is 0 Å². The van der Waals surface area contributed by atoms with Gasteiger partial charge < -0.3 is 9.68 Å². The molecule has 0 fully saturated rings. The van der Waals surface area contributed by atoms with E-state index in [0.29, 0.717) is 19.1 Å². The summed E-state index contributed by atoms with van der Waals surface area (Å²) < 4.78 is 4.64. The number of benzene rings is 1. The second kappa shape index (κ2) is 3.64. The summed E-state index contributed by atoms with van der Waals surface area (Å²) in [6, 6.07) is 6.69. The van der Waals surface area contributed by atoms with Crippen molar-refractivity contribution in [2.75, 3.05) is 0 Å². The number of para-hydroxylation sites is 2. The van der Waals surface area contributed by atoms with E-state index in [2.05, 4.69) is 9.50 Å². The Bertz CT molecular complexity index is 282. The molecule has 1 N–H and O–H groups in total. The Balaban J connectivity index is 2.95. The van der Waals surface area contributed by atoms with Crippen LogP contribution in [0, 0.1) is 6.57 Å². The molecule has 0 unspecified atom stereocenters. The highest BCUT2D eigenvalue weighted by atomic mass is 16.5. The summed E-state index contributed by atoms with van der Waals surface area (Å²) in [4.78, 5) is 3.18. The van der Waals surface area contributed by atoms with Crippen LogP contribution in [0.3, 0.4) is 0 Å². The summed E-state index contributed by atoms with van der Waals surface area (Å²) in [5.74, 6) is 0.366. The molecule has 0 aliphatic rings. The minimum atomic E-state index is 0.366. The minimum absolute atomic E-state index is 0.366. The Kier molecular flexibility index (Phi) is 2.53. The first-order valence-corrected chi connectivity index (χ1v) is 2.97. The lowest BCUT2D eigenvalue weighted by molar-refractivity contribution is 0.455. The van der Waals surface area contributed by atoms with E-state index in [9.17, 15) is 0 Å². The van der Waals surface area contributed by atoms with Crippen LogP contribution in [-0.4, -0.2) is 12.7 Å². The largest absolute Gasteiger partial charge is 0.568 e. The number of hydrogen-bond donors (Lipinski definition) is 1. The fourth-order valence-electron chi connectivity index (χ4n) is 0.706. The molecule has 0 spiro atoms. The van der Waals surface area contributed by atoms with Crippen LogP contribution in [0.15, 0.2) is 24.3 Å². The van der Waals surface area contributed by atoms with Gasteiger partial charge >= 0.3 is 7.69 Å². The number of hydrogen-bond acceptors (Lipinski definition) is 2. The van der Waals surface area contributed by atoms with Gasteiger partial charge in [0.15, 0.2) is 0 Å². The lowest BCUT2D eigenvalue weighted by Gasteiger charge is -2.01. The first-order valence-electron chi connectivity index (χ1n) is 2.97. The van der Waals surface area contributed by atoms with Crippen LogP contribution < -0.4 is 4.65 Å². The second-order valence-corrected chi connectivity index (χ2v) is 1.80. The summed E-state index contributed by atoms with van der Waals surface area (Å²) in [7, 11) is 0.560. The molecule has 0 amide bonds. The maximum Gasteiger partial charge on any atom is 0.568 e. The molecule has 0 aliphatic carbocycles. The second-order valence-electron chi connectivity index (χ2n) is 1.80. The van der Waals surface area contributed by atoms with Gasteiger partial charge in [-0.3, -0.25) is 0 Å². The quantitative estimate of drug-likeness (QED) is 0.501. The minimum Gasteiger partial charge on any atom is -0.546 e. The molecule has 0 aliphatic heterocycles. The van der Waals surface area contributed by atoms with Crippen molar-refractivity contribution in [2.24, 2.45) is 0 Å². The molecule has 0 atom stereocenters. The molecule has 11 heavy (non-hydrogen) atoms. The molecule has 4 heteroatoms. The topological polar surface area (TPSA) is 33.8 Å². The van der Waals surface area contributed by atoms with E-state index in [1.807, 2.05) is 0 Å². The van der Waals surface area contributed by atoms with Gasteiger partial charge in [0.1, 0.15) is 5.75 Å². The number of rotatable bonds is 2. The third-order valence-corrected chi connectivity index (χ3v) is 1.17. The Morgan fingerprint density at radius 2 is 2.18 bits per heavy atom. The van der Waals surface area contributed by atoms with Crippen molar-refractivity contribution in [3.8, 4) is 5.75 Å². The highest BCUT2D eigenvalue weighted by molar-refractivity contribution is 6.17. The molecule has 0 saturated carbocycles. The van der Waals surface area contributed by atoms with E-state index < -0.39 is 0 Å². The molecule has 0 bridgehead atoms. The average Bonchev–Trinajstić information content (AvgIpc) is 2.06. The molecule has 1 aromatic carbocycles. The zero-order valence-corrected chi connectivity index (χ0v) is 5.69. The fraction of sp³-hybridized carbons (Fsp3) is 0. The van der Waals surface area contributed by atoms with Gasteiger partial charge in [-0.2, -0.15) is 0 Å². The van der Waals surface area contributed by atoms with Gasteiger partial charge in [-0.05, 0) is 6.07 Å². The number of nitrogens with zero attached hydrogens (tertiary/aromatic N) is 1. The molecular formula is C7H5BNO2. The third kappa shape index (κ3) is 1.73. The first-order chi connectivity index (χ1) is 5.38. The van der Waals surface area contributed by atoms with E-state index in [-0.39, 0.29) is 0 Å². The Morgan fingerprint density at radius 1 is 1.45 bits per heavy atom. The summed E-state index contributed by atoms with van der Waals surface area (Å²) in [5.41, 5.74) is 0.387. The van der Waals surface area contributed by atoms with Crippen molar-refractivity contribution >= 4 is 13.4 Å². The van der Waals surface area contributed by atoms with Gasteiger partial charge in [-0.15, -0.1) is 0 Å². The molecule has 0 saturated heterocycles. The highest BCUT2D eigenvalue weighted by Crippen LogP contribution is 2.25. The van der Waals surface area contributed by atoms with Gasteiger partial charge in [0, 0.05) is 0 Å². The van der Waals surface area contributed by atoms with E-state index in [1.54, 1.807) is 24.3 Å². The molecule has 53 valence electrons. The molecule has 1 radical (unpaired) electrons. The van der Waals surface area contributed by atoms with Crippen molar-refractivity contribution in [3.05, 3.63) is 35.7 Å². The Labute approximate surface area is 65.4 Å². The third-order valence-electron chi connectivity index (χ3n) is 1.17. The first kappa shape index (κ1) is 7.64. The summed E-state index contributed by atoms with van der Waals surface area (Å²) >= 11 is 0. The summed E-state index contributed by atoms with van der Waals surface area (Å²) in [6.07, 6.45) is 0. The van der Waals surface area contributed by atoms with Gasteiger partial charge in [0.25, 0.3) is 0 Å². The zero-order valence-electron chi connectivity index (χ0n) is 5.69. The van der Waals surface area contributed by atoms with E-state index in [4.69, 9.17) is 11.6 Å². The van der Waals surface area contributed by atoms with Crippen molar-refractivity contribution in [1.82, 2.24) is 0 Å². The van der Waals surface area contributed by atoms with Crippen LogP contribution in [-0.2, 0) is 0 Å². The van der Waals surface area contributed by atoms with E-state index in [0.717, 1.165) is 0 Å². The van der Waals surface area contributed by atoms with Crippen molar-refractivity contribution in [2.45, 2.75) is 0 Å². The van der Waals surface area contributed by atoms with Crippen LogP contribution in [0.5, 0.6) is 5.75 Å². The summed E-state index contributed by atoms with van der Waals surface area (Å²) in [5, 5.41) is 8.29. The molecule has 0 heterocycles. The zero-order chi connectivity index (χ0) is 8.10. The van der Waals surface area contributed by atoms with Crippen molar-refractivity contribution < 1.29 is 9.68 Å². The maximum absolute atomic E-state index is 8.29. The lowest BCUT2D eigenvalue weighted by Crippen LogP contribution is -1.99. The SMILES string of the molecule is [C-]#[N+]c1ccccc1O[B]O. The van der Waals surface area contributed by atoms with Crippen LogP contribution in [0.1, 0.15) is 0 Å². The molecule has 3 nitrogen and oxygen atoms in total. The standard InChI is InChI=1S/C7H5BNO2/c1-9-6-4-2-3-5-7(6)11-8-10/h2-5,10H.